The van der Waals surface area contributed by atoms with E-state index < -0.39 is 0 Å². The number of hydrogen-bond donors (Lipinski definition) is 0. The van der Waals surface area contributed by atoms with Crippen LogP contribution in [0.3, 0.4) is 0 Å². The Bertz CT molecular complexity index is 497. The van der Waals surface area contributed by atoms with Crippen LogP contribution in [0.25, 0.3) is 12.2 Å². The molecule has 1 aromatic heterocycles. The van der Waals surface area contributed by atoms with Gasteiger partial charge in [-0.05, 0) is 40.7 Å². The van der Waals surface area contributed by atoms with Crippen molar-refractivity contribution < 1.29 is 0 Å². The molecule has 0 N–H and O–H groups in total. The van der Waals surface area contributed by atoms with Crippen molar-refractivity contribution in [1.29, 1.82) is 0 Å². The first-order chi connectivity index (χ1) is 8.34. The predicted molar refractivity (Wildman–Crippen MR) is 71.6 cm³/mol. The summed E-state index contributed by atoms with van der Waals surface area (Å²) in [7, 11) is 0. The normalized spacial score (nSPS) is 25.8. The first kappa shape index (κ1) is 11.0. The van der Waals surface area contributed by atoms with E-state index in [0.717, 1.165) is 17.8 Å². The van der Waals surface area contributed by atoms with E-state index in [1.807, 2.05) is 12.4 Å². The Morgan fingerprint density at radius 2 is 2.06 bits per heavy atom. The lowest BCUT2D eigenvalue weighted by Gasteiger charge is -2.27. The first-order valence-electron chi connectivity index (χ1n) is 6.96. The number of hydrogen-bond acceptors (Lipinski definition) is 1. The van der Waals surface area contributed by atoms with E-state index in [2.05, 4.69) is 30.1 Å². The Labute approximate surface area is 103 Å². The summed E-state index contributed by atoms with van der Waals surface area (Å²) < 4.78 is 0. The van der Waals surface area contributed by atoms with Crippen LogP contribution in [0.5, 0.6) is 0 Å². The van der Waals surface area contributed by atoms with Gasteiger partial charge < -0.3 is 0 Å². The maximum Gasteiger partial charge on any atom is 0.0343 e. The highest BCUT2D eigenvalue weighted by molar-refractivity contribution is 5.40. The molecule has 2 aliphatic rings. The second-order valence-electron chi connectivity index (χ2n) is 5.68. The monoisotopic (exact) mass is 227 g/mol. The molecule has 2 unspecified atom stereocenters. The summed E-state index contributed by atoms with van der Waals surface area (Å²) in [4.78, 5) is 4.19. The van der Waals surface area contributed by atoms with Crippen molar-refractivity contribution in [2.24, 2.45) is 17.8 Å². The highest BCUT2D eigenvalue weighted by Crippen LogP contribution is 2.37. The SMILES string of the molecule is CC(C1C=c2ccncc2=CC1)C1CCCC1. The number of pyridine rings is 1. The van der Waals surface area contributed by atoms with Crippen LogP contribution in [-0.4, -0.2) is 4.98 Å². The van der Waals surface area contributed by atoms with Crippen molar-refractivity contribution in [3.63, 3.8) is 0 Å². The summed E-state index contributed by atoms with van der Waals surface area (Å²) in [6, 6.07) is 2.15. The summed E-state index contributed by atoms with van der Waals surface area (Å²) in [5.41, 5.74) is 0. The van der Waals surface area contributed by atoms with Gasteiger partial charge in [-0.1, -0.05) is 44.8 Å². The van der Waals surface area contributed by atoms with Crippen LogP contribution in [0.1, 0.15) is 39.0 Å². The second kappa shape index (κ2) is 4.64. The predicted octanol–water partition coefficient (Wildman–Crippen LogP) is 2.49. The Morgan fingerprint density at radius 3 is 2.88 bits per heavy atom. The van der Waals surface area contributed by atoms with Gasteiger partial charge in [-0.15, -0.1) is 0 Å². The molecule has 2 atom stereocenters. The molecule has 0 aromatic carbocycles. The molecule has 1 fully saturated rings. The molecule has 0 aliphatic heterocycles. The van der Waals surface area contributed by atoms with Crippen molar-refractivity contribution in [1.82, 2.24) is 4.98 Å². The summed E-state index contributed by atoms with van der Waals surface area (Å²) in [6.45, 7) is 2.46. The minimum atomic E-state index is 0.744. The molecule has 0 radical (unpaired) electrons. The smallest absolute Gasteiger partial charge is 0.0343 e. The van der Waals surface area contributed by atoms with Crippen LogP contribution >= 0.6 is 0 Å². The number of rotatable bonds is 2. The molecule has 1 aromatic rings. The Kier molecular flexibility index (Phi) is 3.00. The van der Waals surface area contributed by atoms with Crippen molar-refractivity contribution in [2.45, 2.75) is 39.0 Å². The van der Waals surface area contributed by atoms with E-state index in [1.54, 1.807) is 0 Å². The third-order valence-electron chi connectivity index (χ3n) is 4.71. The third kappa shape index (κ3) is 2.15. The molecule has 2 aliphatic carbocycles. The average Bonchev–Trinajstić information content (AvgIpc) is 2.91. The Morgan fingerprint density at radius 1 is 1.24 bits per heavy atom. The fourth-order valence-corrected chi connectivity index (χ4v) is 3.50. The second-order valence-corrected chi connectivity index (χ2v) is 5.68. The molecular weight excluding hydrogens is 206 g/mol. The summed E-state index contributed by atoms with van der Waals surface area (Å²) in [6.07, 6.45) is 15.8. The van der Waals surface area contributed by atoms with Crippen molar-refractivity contribution in [3.8, 4) is 0 Å². The third-order valence-corrected chi connectivity index (χ3v) is 4.71. The molecule has 1 saturated carbocycles. The van der Waals surface area contributed by atoms with E-state index >= 15 is 0 Å². The number of fused-ring (bicyclic) bond motifs is 1. The van der Waals surface area contributed by atoms with Gasteiger partial charge in [0.05, 0.1) is 0 Å². The molecule has 0 saturated heterocycles. The zero-order chi connectivity index (χ0) is 11.7. The largest absolute Gasteiger partial charge is 0.264 e. The van der Waals surface area contributed by atoms with Crippen LogP contribution in [0.4, 0.5) is 0 Å². The molecule has 1 heteroatoms. The van der Waals surface area contributed by atoms with Gasteiger partial charge >= 0.3 is 0 Å². The number of nitrogens with zero attached hydrogens (tertiary/aromatic N) is 1. The summed E-state index contributed by atoms with van der Waals surface area (Å²) in [5.74, 6) is 2.55. The zero-order valence-electron chi connectivity index (χ0n) is 10.6. The van der Waals surface area contributed by atoms with Crippen LogP contribution in [0, 0.1) is 17.8 Å². The van der Waals surface area contributed by atoms with E-state index in [9.17, 15) is 0 Å². The maximum atomic E-state index is 4.19. The average molecular weight is 227 g/mol. The zero-order valence-corrected chi connectivity index (χ0v) is 10.6. The standard InChI is InChI=1S/C16H21N/c1-12(13-4-2-3-5-13)14-6-7-16-11-17-9-8-15(16)10-14/h7-14H,2-6H2,1H3. The minimum absolute atomic E-state index is 0.744. The fraction of sp³-hybridized carbons (Fsp3) is 0.562. The Balaban J connectivity index is 1.85. The lowest BCUT2D eigenvalue weighted by Crippen LogP contribution is -2.32. The van der Waals surface area contributed by atoms with Gasteiger partial charge in [-0.3, -0.25) is 4.98 Å². The molecule has 17 heavy (non-hydrogen) atoms. The summed E-state index contributed by atoms with van der Waals surface area (Å²) >= 11 is 0. The van der Waals surface area contributed by atoms with Crippen molar-refractivity contribution in [2.75, 3.05) is 0 Å². The highest BCUT2D eigenvalue weighted by Gasteiger charge is 2.26. The fourth-order valence-electron chi connectivity index (χ4n) is 3.50. The van der Waals surface area contributed by atoms with Crippen molar-refractivity contribution in [3.05, 3.63) is 28.9 Å². The van der Waals surface area contributed by atoms with Gasteiger partial charge in [-0.25, -0.2) is 0 Å². The Hall–Kier alpha value is -1.11. The highest BCUT2D eigenvalue weighted by atomic mass is 14.6. The number of aromatic nitrogens is 1. The molecule has 1 heterocycles. The van der Waals surface area contributed by atoms with E-state index in [1.165, 1.54) is 42.5 Å². The molecule has 0 amide bonds. The minimum Gasteiger partial charge on any atom is -0.264 e. The van der Waals surface area contributed by atoms with Crippen molar-refractivity contribution >= 4 is 12.2 Å². The van der Waals surface area contributed by atoms with E-state index in [-0.39, 0.29) is 0 Å². The molecule has 90 valence electrons. The van der Waals surface area contributed by atoms with Crippen LogP contribution in [-0.2, 0) is 0 Å². The van der Waals surface area contributed by atoms with Gasteiger partial charge in [0.1, 0.15) is 0 Å². The van der Waals surface area contributed by atoms with Gasteiger partial charge in [0.2, 0.25) is 0 Å². The topological polar surface area (TPSA) is 12.9 Å². The van der Waals surface area contributed by atoms with Crippen LogP contribution in [0.15, 0.2) is 18.5 Å². The van der Waals surface area contributed by atoms with E-state index in [4.69, 9.17) is 0 Å². The van der Waals surface area contributed by atoms with Gasteiger partial charge in [0.15, 0.2) is 0 Å². The lowest BCUT2D eigenvalue weighted by atomic mass is 9.78. The molecule has 0 bridgehead atoms. The molecular formula is C16H21N. The lowest BCUT2D eigenvalue weighted by molar-refractivity contribution is 0.303. The van der Waals surface area contributed by atoms with Crippen LogP contribution in [0.2, 0.25) is 0 Å². The quantitative estimate of drug-likeness (QED) is 0.756. The van der Waals surface area contributed by atoms with Crippen LogP contribution < -0.4 is 10.4 Å². The summed E-state index contributed by atoms with van der Waals surface area (Å²) in [5, 5.41) is 2.71. The van der Waals surface area contributed by atoms with E-state index in [0.29, 0.717) is 0 Å². The maximum absolute atomic E-state index is 4.19. The molecule has 0 spiro atoms. The molecule has 3 rings (SSSR count). The molecule has 1 nitrogen and oxygen atoms in total. The van der Waals surface area contributed by atoms with Gasteiger partial charge in [0, 0.05) is 12.4 Å². The first-order valence-corrected chi connectivity index (χ1v) is 6.96. The van der Waals surface area contributed by atoms with Gasteiger partial charge in [0.25, 0.3) is 0 Å². The van der Waals surface area contributed by atoms with Gasteiger partial charge in [-0.2, -0.15) is 0 Å².